The van der Waals surface area contributed by atoms with E-state index in [0.717, 1.165) is 5.92 Å². The number of rotatable bonds is 2. The number of hydrogen-bond acceptors (Lipinski definition) is 0. The minimum Gasteiger partial charge on any atom is -0.0656 e. The molecule has 0 aliphatic heterocycles. The van der Waals surface area contributed by atoms with Crippen molar-refractivity contribution in [2.24, 2.45) is 0 Å². The number of halogens is 1. The van der Waals surface area contributed by atoms with E-state index in [1.165, 1.54) is 22.9 Å². The molecule has 1 aliphatic carbocycles. The van der Waals surface area contributed by atoms with Crippen LogP contribution in [0.2, 0.25) is 19.6 Å². The van der Waals surface area contributed by atoms with Crippen LogP contribution in [0.3, 0.4) is 0 Å². The van der Waals surface area contributed by atoms with Gasteiger partial charge in [0, 0.05) is 4.47 Å². The zero-order chi connectivity index (χ0) is 10.3. The van der Waals surface area contributed by atoms with Crippen molar-refractivity contribution in [3.05, 3.63) is 28.2 Å². The van der Waals surface area contributed by atoms with E-state index in [4.69, 9.17) is 0 Å². The lowest BCUT2D eigenvalue weighted by Gasteiger charge is -2.19. The maximum absolute atomic E-state index is 3.71. The quantitative estimate of drug-likeness (QED) is 0.715. The predicted octanol–water partition coefficient (Wildman–Crippen LogP) is 3.87. The Hall–Kier alpha value is -0.0831. The summed E-state index contributed by atoms with van der Waals surface area (Å²) in [6.45, 7) is 7.18. The molecule has 0 saturated heterocycles. The molecule has 14 heavy (non-hydrogen) atoms. The van der Waals surface area contributed by atoms with Crippen LogP contribution in [0.4, 0.5) is 0 Å². The maximum atomic E-state index is 3.71. The van der Waals surface area contributed by atoms with Crippen LogP contribution in [0.15, 0.2) is 22.7 Å². The molecule has 0 aromatic heterocycles. The van der Waals surface area contributed by atoms with Crippen LogP contribution in [0, 0.1) is 0 Å². The third-order valence-electron chi connectivity index (χ3n) is 2.85. The van der Waals surface area contributed by atoms with Crippen molar-refractivity contribution >= 4 is 29.2 Å². The molecule has 2 heteroatoms. The van der Waals surface area contributed by atoms with Gasteiger partial charge in [-0.25, -0.2) is 0 Å². The normalized spacial score (nSPS) is 17.1. The second-order valence-corrected chi connectivity index (χ2v) is 11.2. The Morgan fingerprint density at radius 1 is 1.21 bits per heavy atom. The predicted molar refractivity (Wildman–Crippen MR) is 69.1 cm³/mol. The lowest BCUT2D eigenvalue weighted by atomic mass is 10.1. The van der Waals surface area contributed by atoms with Gasteiger partial charge in [-0.2, -0.15) is 0 Å². The second-order valence-electron chi connectivity index (χ2n) is 5.26. The van der Waals surface area contributed by atoms with Crippen LogP contribution >= 0.6 is 15.9 Å². The van der Waals surface area contributed by atoms with Crippen molar-refractivity contribution in [1.29, 1.82) is 0 Å². The van der Waals surface area contributed by atoms with Crippen molar-refractivity contribution in [2.75, 3.05) is 0 Å². The van der Waals surface area contributed by atoms with Gasteiger partial charge < -0.3 is 0 Å². The third-order valence-corrected chi connectivity index (χ3v) is 5.92. The highest BCUT2D eigenvalue weighted by Crippen LogP contribution is 2.40. The first-order valence-corrected chi connectivity index (χ1v) is 9.58. The summed E-state index contributed by atoms with van der Waals surface area (Å²) in [6.07, 6.45) is 2.78. The van der Waals surface area contributed by atoms with E-state index in [9.17, 15) is 0 Å². The Morgan fingerprint density at radius 2 is 1.86 bits per heavy atom. The van der Waals surface area contributed by atoms with Gasteiger partial charge in [0.25, 0.3) is 0 Å². The van der Waals surface area contributed by atoms with Crippen molar-refractivity contribution in [2.45, 2.75) is 38.4 Å². The van der Waals surface area contributed by atoms with Crippen molar-refractivity contribution in [3.63, 3.8) is 0 Å². The Labute approximate surface area is 95.9 Å². The molecular weight excluding hydrogens is 252 g/mol. The highest BCUT2D eigenvalue weighted by molar-refractivity contribution is 9.10. The lowest BCUT2D eigenvalue weighted by Crippen LogP contribution is -2.38. The van der Waals surface area contributed by atoms with Gasteiger partial charge in [-0.05, 0) is 35.6 Å². The summed E-state index contributed by atoms with van der Waals surface area (Å²) < 4.78 is 1.33. The van der Waals surface area contributed by atoms with Gasteiger partial charge in [-0.3, -0.25) is 0 Å². The van der Waals surface area contributed by atoms with Gasteiger partial charge in [0.2, 0.25) is 0 Å². The van der Waals surface area contributed by atoms with Gasteiger partial charge in [0.1, 0.15) is 0 Å². The molecule has 0 nitrogen and oxygen atoms in total. The van der Waals surface area contributed by atoms with E-state index < -0.39 is 8.07 Å². The molecule has 1 aromatic carbocycles. The Kier molecular flexibility index (Phi) is 2.60. The van der Waals surface area contributed by atoms with Crippen LogP contribution in [-0.4, -0.2) is 8.07 Å². The molecule has 0 amide bonds. The fourth-order valence-corrected chi connectivity index (χ4v) is 5.36. The fourth-order valence-electron chi connectivity index (χ4n) is 1.81. The summed E-state index contributed by atoms with van der Waals surface area (Å²) in [7, 11) is -1.16. The van der Waals surface area contributed by atoms with Gasteiger partial charge >= 0.3 is 0 Å². The summed E-state index contributed by atoms with van der Waals surface area (Å²) >= 11 is 3.71. The standard InChI is InChI=1S/C12H17BrSi/c1-14(2,3)12-7-6-10(8-11(12)13)9-4-5-9/h6-9H,4-5H2,1-3H3. The molecule has 1 fully saturated rings. The molecule has 1 saturated carbocycles. The fraction of sp³-hybridized carbons (Fsp3) is 0.500. The Morgan fingerprint density at radius 3 is 2.29 bits per heavy atom. The Bertz CT molecular complexity index is 348. The smallest absolute Gasteiger partial charge is 0.0656 e. The van der Waals surface area contributed by atoms with E-state index >= 15 is 0 Å². The lowest BCUT2D eigenvalue weighted by molar-refractivity contribution is 1.13. The molecule has 0 N–H and O–H groups in total. The van der Waals surface area contributed by atoms with Crippen LogP contribution in [0.5, 0.6) is 0 Å². The minimum absolute atomic E-state index is 0.863. The second kappa shape index (κ2) is 3.49. The van der Waals surface area contributed by atoms with Crippen LogP contribution < -0.4 is 5.19 Å². The van der Waals surface area contributed by atoms with E-state index in [2.05, 4.69) is 53.8 Å². The van der Waals surface area contributed by atoms with Crippen LogP contribution in [0.25, 0.3) is 0 Å². The Balaban J connectivity index is 2.35. The number of hydrogen-bond donors (Lipinski definition) is 0. The molecular formula is C12H17BrSi. The average molecular weight is 269 g/mol. The monoisotopic (exact) mass is 268 g/mol. The molecule has 2 rings (SSSR count). The van der Waals surface area contributed by atoms with Gasteiger partial charge in [-0.1, -0.05) is 47.7 Å². The van der Waals surface area contributed by atoms with E-state index in [-0.39, 0.29) is 0 Å². The molecule has 0 heterocycles. The first kappa shape index (κ1) is 10.4. The van der Waals surface area contributed by atoms with Crippen LogP contribution in [0.1, 0.15) is 24.3 Å². The third kappa shape index (κ3) is 2.11. The van der Waals surface area contributed by atoms with Crippen molar-refractivity contribution in [1.82, 2.24) is 0 Å². The molecule has 0 spiro atoms. The molecule has 0 radical (unpaired) electrons. The first-order chi connectivity index (χ1) is 6.48. The molecule has 0 atom stereocenters. The molecule has 0 unspecified atom stereocenters. The van der Waals surface area contributed by atoms with Gasteiger partial charge in [-0.15, -0.1) is 0 Å². The number of benzene rings is 1. The molecule has 0 bridgehead atoms. The summed E-state index contributed by atoms with van der Waals surface area (Å²) in [5.74, 6) is 0.863. The van der Waals surface area contributed by atoms with Gasteiger partial charge in [0.05, 0.1) is 8.07 Å². The first-order valence-electron chi connectivity index (χ1n) is 5.28. The average Bonchev–Trinajstić information content (AvgIpc) is 2.83. The van der Waals surface area contributed by atoms with Crippen molar-refractivity contribution in [3.8, 4) is 0 Å². The minimum atomic E-state index is -1.16. The zero-order valence-corrected chi connectivity index (χ0v) is 11.7. The summed E-state index contributed by atoms with van der Waals surface area (Å²) in [6, 6.07) is 7.01. The highest BCUT2D eigenvalue weighted by Gasteiger charge is 2.25. The van der Waals surface area contributed by atoms with Crippen molar-refractivity contribution < 1.29 is 0 Å². The maximum Gasteiger partial charge on any atom is 0.0790 e. The summed E-state index contributed by atoms with van der Waals surface area (Å²) in [5, 5.41) is 1.54. The molecule has 76 valence electrons. The van der Waals surface area contributed by atoms with Gasteiger partial charge in [0.15, 0.2) is 0 Å². The van der Waals surface area contributed by atoms with E-state index in [1.54, 1.807) is 5.19 Å². The zero-order valence-electron chi connectivity index (χ0n) is 9.10. The van der Waals surface area contributed by atoms with E-state index in [1.807, 2.05) is 0 Å². The van der Waals surface area contributed by atoms with Crippen LogP contribution in [-0.2, 0) is 0 Å². The SMILES string of the molecule is C[Si](C)(C)c1ccc(C2CC2)cc1Br. The van der Waals surface area contributed by atoms with E-state index in [0.29, 0.717) is 0 Å². The highest BCUT2D eigenvalue weighted by atomic mass is 79.9. The largest absolute Gasteiger partial charge is 0.0790 e. The molecule has 1 aromatic rings. The molecule has 1 aliphatic rings. The summed E-state index contributed by atoms with van der Waals surface area (Å²) in [4.78, 5) is 0. The topological polar surface area (TPSA) is 0 Å². The summed E-state index contributed by atoms with van der Waals surface area (Å²) in [5.41, 5.74) is 1.53.